The Morgan fingerprint density at radius 2 is 0.867 bits per heavy atom. The van der Waals surface area contributed by atoms with Gasteiger partial charge >= 0.3 is 0 Å². The predicted molar refractivity (Wildman–Crippen MR) is 103 cm³/mol. The summed E-state index contributed by atoms with van der Waals surface area (Å²) in [6.45, 7) is 7.15. The molecule has 12 heteroatoms. The fourth-order valence-electron chi connectivity index (χ4n) is 2.58. The lowest BCUT2D eigenvalue weighted by molar-refractivity contribution is -0.00680. The van der Waals surface area contributed by atoms with Crippen molar-refractivity contribution >= 4 is 0 Å². The third kappa shape index (κ3) is 9.24. The molecule has 30 heavy (non-hydrogen) atoms. The molecule has 0 aliphatic carbocycles. The SMILES string of the molecule is c1c2nnn1CCOCCOCCn1cc(nn1)COCCOCCOCCOC2. The molecule has 0 amide bonds. The monoisotopic (exact) mass is 426 g/mol. The van der Waals surface area contributed by atoms with Crippen molar-refractivity contribution in [2.45, 2.75) is 26.3 Å². The lowest BCUT2D eigenvalue weighted by atomic mass is 10.5. The van der Waals surface area contributed by atoms with Crippen LogP contribution in [0.25, 0.3) is 0 Å². The molecule has 1 aliphatic rings. The molecule has 0 aromatic carbocycles. The first-order chi connectivity index (χ1) is 14.9. The molecule has 0 fully saturated rings. The molecule has 4 bridgehead atoms. The second-order valence-electron chi connectivity index (χ2n) is 6.50. The lowest BCUT2D eigenvalue weighted by Gasteiger charge is -2.07. The van der Waals surface area contributed by atoms with E-state index in [-0.39, 0.29) is 0 Å². The summed E-state index contributed by atoms with van der Waals surface area (Å²) in [5, 5.41) is 16.3. The van der Waals surface area contributed by atoms with Gasteiger partial charge in [-0.25, -0.2) is 9.36 Å². The van der Waals surface area contributed by atoms with Crippen LogP contribution in [0.5, 0.6) is 0 Å². The number of aromatic nitrogens is 6. The fraction of sp³-hybridized carbons (Fsp3) is 0.778. The zero-order valence-corrected chi connectivity index (χ0v) is 17.2. The molecule has 3 heterocycles. The van der Waals surface area contributed by atoms with Crippen molar-refractivity contribution in [2.75, 3.05) is 66.1 Å². The molecule has 168 valence electrons. The Morgan fingerprint density at radius 3 is 1.30 bits per heavy atom. The Kier molecular flexibility index (Phi) is 10.7. The average Bonchev–Trinajstić information content (AvgIpc) is 3.39. The molecule has 2 aromatic rings. The Balaban J connectivity index is 1.37. The van der Waals surface area contributed by atoms with Gasteiger partial charge in [0.2, 0.25) is 0 Å². The maximum atomic E-state index is 5.57. The Hall–Kier alpha value is -1.96. The normalized spacial score (nSPS) is 20.0. The summed E-state index contributed by atoms with van der Waals surface area (Å²) >= 11 is 0. The van der Waals surface area contributed by atoms with Crippen molar-refractivity contribution in [3.05, 3.63) is 23.8 Å². The number of fused-ring (bicyclic) bond motifs is 4. The number of hydrogen-bond donors (Lipinski definition) is 0. The number of hydrogen-bond acceptors (Lipinski definition) is 10. The summed E-state index contributed by atoms with van der Waals surface area (Å²) in [6.07, 6.45) is 3.71. The molecule has 12 nitrogen and oxygen atoms in total. The van der Waals surface area contributed by atoms with Gasteiger partial charge in [0.25, 0.3) is 0 Å². The summed E-state index contributed by atoms with van der Waals surface area (Å²) in [5.41, 5.74) is 1.55. The van der Waals surface area contributed by atoms with E-state index >= 15 is 0 Å². The molecule has 0 N–H and O–H groups in total. The van der Waals surface area contributed by atoms with Crippen molar-refractivity contribution < 1.29 is 28.4 Å². The van der Waals surface area contributed by atoms with E-state index in [1.807, 2.05) is 12.4 Å². The van der Waals surface area contributed by atoms with Crippen LogP contribution in [0.4, 0.5) is 0 Å². The topological polar surface area (TPSA) is 117 Å². The molecule has 0 atom stereocenters. The van der Waals surface area contributed by atoms with E-state index in [0.717, 1.165) is 11.4 Å². The average molecular weight is 426 g/mol. The van der Waals surface area contributed by atoms with Gasteiger partial charge in [-0.05, 0) is 0 Å². The fourth-order valence-corrected chi connectivity index (χ4v) is 2.58. The van der Waals surface area contributed by atoms with E-state index in [0.29, 0.717) is 92.4 Å². The molecule has 0 radical (unpaired) electrons. The number of nitrogens with zero attached hydrogens (tertiary/aromatic N) is 6. The highest BCUT2D eigenvalue weighted by Gasteiger charge is 2.03. The van der Waals surface area contributed by atoms with Gasteiger partial charge < -0.3 is 28.4 Å². The van der Waals surface area contributed by atoms with E-state index in [9.17, 15) is 0 Å². The van der Waals surface area contributed by atoms with E-state index < -0.39 is 0 Å². The minimum atomic E-state index is 0.401. The van der Waals surface area contributed by atoms with Gasteiger partial charge in [0.1, 0.15) is 11.4 Å². The third-order valence-electron chi connectivity index (χ3n) is 4.09. The second-order valence-corrected chi connectivity index (χ2v) is 6.50. The Labute approximate surface area is 175 Å². The Morgan fingerprint density at radius 1 is 0.500 bits per heavy atom. The molecular formula is C18H30N6O6. The van der Waals surface area contributed by atoms with Crippen LogP contribution in [-0.2, 0) is 54.7 Å². The smallest absolute Gasteiger partial charge is 0.108 e. The molecule has 2 aromatic heterocycles. The van der Waals surface area contributed by atoms with Crippen LogP contribution in [0.15, 0.2) is 12.4 Å². The van der Waals surface area contributed by atoms with Gasteiger partial charge in [0.05, 0.1) is 105 Å². The van der Waals surface area contributed by atoms with Crippen LogP contribution in [-0.4, -0.2) is 96.1 Å². The first-order valence-electron chi connectivity index (χ1n) is 10.1. The lowest BCUT2D eigenvalue weighted by Crippen LogP contribution is -2.13. The standard InChI is InChI=1S/C18H30N6O6/c1-3-25-5-6-26-4-2-24-14-18(20-22-24)16-30-12-10-28-8-7-27-9-11-29-15-17-13-23(1)21-19-17/h13-14H,1-12,15-16H2. The summed E-state index contributed by atoms with van der Waals surface area (Å²) in [6, 6.07) is 0. The van der Waals surface area contributed by atoms with E-state index in [1.165, 1.54) is 0 Å². The highest BCUT2D eigenvalue weighted by atomic mass is 16.6. The van der Waals surface area contributed by atoms with E-state index in [1.54, 1.807) is 9.36 Å². The van der Waals surface area contributed by atoms with Gasteiger partial charge in [0.15, 0.2) is 0 Å². The van der Waals surface area contributed by atoms with Crippen LogP contribution in [0.1, 0.15) is 11.4 Å². The summed E-state index contributed by atoms with van der Waals surface area (Å²) in [4.78, 5) is 0. The van der Waals surface area contributed by atoms with Crippen molar-refractivity contribution in [3.8, 4) is 0 Å². The quantitative estimate of drug-likeness (QED) is 0.555. The van der Waals surface area contributed by atoms with E-state index in [2.05, 4.69) is 20.6 Å². The second kappa shape index (κ2) is 14.1. The highest BCUT2D eigenvalue weighted by molar-refractivity contribution is 4.90. The van der Waals surface area contributed by atoms with Crippen molar-refractivity contribution in [3.63, 3.8) is 0 Å². The van der Waals surface area contributed by atoms with Gasteiger partial charge in [-0.2, -0.15) is 0 Å². The zero-order chi connectivity index (χ0) is 20.7. The predicted octanol–water partition coefficient (Wildman–Crippen LogP) is -0.317. The van der Waals surface area contributed by atoms with Gasteiger partial charge in [-0.3, -0.25) is 0 Å². The van der Waals surface area contributed by atoms with Crippen LogP contribution in [0, 0.1) is 0 Å². The highest BCUT2D eigenvalue weighted by Crippen LogP contribution is 1.98. The third-order valence-corrected chi connectivity index (χ3v) is 4.09. The molecule has 0 unspecified atom stereocenters. The minimum absolute atomic E-state index is 0.401. The summed E-state index contributed by atoms with van der Waals surface area (Å²) in [5.74, 6) is 0. The molecule has 0 saturated carbocycles. The number of rotatable bonds is 0. The first-order valence-corrected chi connectivity index (χ1v) is 10.1. The van der Waals surface area contributed by atoms with E-state index in [4.69, 9.17) is 28.4 Å². The molecular weight excluding hydrogens is 396 g/mol. The molecule has 1 aliphatic heterocycles. The van der Waals surface area contributed by atoms with Crippen LogP contribution >= 0.6 is 0 Å². The minimum Gasteiger partial charge on any atom is -0.377 e. The summed E-state index contributed by atoms with van der Waals surface area (Å²) in [7, 11) is 0. The largest absolute Gasteiger partial charge is 0.377 e. The zero-order valence-electron chi connectivity index (χ0n) is 17.2. The first kappa shape index (κ1) is 22.7. The maximum absolute atomic E-state index is 5.57. The number of ether oxygens (including phenoxy) is 6. The summed E-state index contributed by atoms with van der Waals surface area (Å²) < 4.78 is 36.6. The van der Waals surface area contributed by atoms with Crippen molar-refractivity contribution in [2.24, 2.45) is 0 Å². The van der Waals surface area contributed by atoms with Crippen molar-refractivity contribution in [1.82, 2.24) is 30.0 Å². The van der Waals surface area contributed by atoms with Gasteiger partial charge in [-0.1, -0.05) is 10.4 Å². The molecule has 3 rings (SSSR count). The van der Waals surface area contributed by atoms with Crippen LogP contribution < -0.4 is 0 Å². The Bertz CT molecular complexity index is 638. The molecule has 0 spiro atoms. The van der Waals surface area contributed by atoms with Gasteiger partial charge in [-0.15, -0.1) is 10.2 Å². The van der Waals surface area contributed by atoms with Crippen LogP contribution in [0.3, 0.4) is 0 Å². The van der Waals surface area contributed by atoms with Crippen molar-refractivity contribution in [1.29, 1.82) is 0 Å². The van der Waals surface area contributed by atoms with Gasteiger partial charge in [0, 0.05) is 0 Å². The maximum Gasteiger partial charge on any atom is 0.108 e. The molecule has 0 saturated heterocycles. The van der Waals surface area contributed by atoms with Crippen LogP contribution in [0.2, 0.25) is 0 Å².